The van der Waals surface area contributed by atoms with Crippen LogP contribution in [0.2, 0.25) is 0 Å². The molecule has 4 heteroatoms. The SMILES string of the molecule is COCCSCC(=O)c1ccc(C)cc1OC. The van der Waals surface area contributed by atoms with Gasteiger partial charge in [-0.25, -0.2) is 0 Å². The first kappa shape index (κ1) is 14.1. The van der Waals surface area contributed by atoms with Gasteiger partial charge >= 0.3 is 0 Å². The second kappa shape index (κ2) is 7.35. The molecule has 1 aromatic carbocycles. The fourth-order valence-electron chi connectivity index (χ4n) is 1.41. The third kappa shape index (κ3) is 4.40. The number of hydrogen-bond acceptors (Lipinski definition) is 4. The quantitative estimate of drug-likeness (QED) is 0.553. The van der Waals surface area contributed by atoms with Gasteiger partial charge < -0.3 is 9.47 Å². The van der Waals surface area contributed by atoms with Crippen molar-refractivity contribution in [3.05, 3.63) is 29.3 Å². The topological polar surface area (TPSA) is 35.5 Å². The first-order chi connectivity index (χ1) is 8.19. The molecule has 0 atom stereocenters. The van der Waals surface area contributed by atoms with Gasteiger partial charge in [0.25, 0.3) is 0 Å². The number of rotatable bonds is 7. The van der Waals surface area contributed by atoms with Crippen molar-refractivity contribution in [2.45, 2.75) is 6.92 Å². The van der Waals surface area contributed by atoms with Gasteiger partial charge in [-0.05, 0) is 24.6 Å². The number of methoxy groups -OCH3 is 2. The van der Waals surface area contributed by atoms with Gasteiger partial charge in [0, 0.05) is 12.9 Å². The van der Waals surface area contributed by atoms with Gasteiger partial charge in [-0.2, -0.15) is 11.8 Å². The lowest BCUT2D eigenvalue weighted by atomic mass is 10.1. The number of carbonyl (C=O) groups is 1. The molecule has 0 aromatic heterocycles. The Morgan fingerprint density at radius 1 is 1.35 bits per heavy atom. The summed E-state index contributed by atoms with van der Waals surface area (Å²) in [6, 6.07) is 5.63. The molecule has 1 aromatic rings. The summed E-state index contributed by atoms with van der Waals surface area (Å²) in [5, 5.41) is 0. The average Bonchev–Trinajstić information content (AvgIpc) is 2.34. The summed E-state index contributed by atoms with van der Waals surface area (Å²) in [5.41, 5.74) is 1.74. The Morgan fingerprint density at radius 3 is 2.76 bits per heavy atom. The van der Waals surface area contributed by atoms with Gasteiger partial charge in [0.15, 0.2) is 5.78 Å². The second-order valence-electron chi connectivity index (χ2n) is 3.67. The number of Topliss-reactive ketones (excluding diaryl/α,β-unsaturated/α-hetero) is 1. The highest BCUT2D eigenvalue weighted by Crippen LogP contribution is 2.21. The number of hydrogen-bond donors (Lipinski definition) is 0. The van der Waals surface area contributed by atoms with Gasteiger partial charge in [-0.1, -0.05) is 6.07 Å². The van der Waals surface area contributed by atoms with Crippen LogP contribution in [0.1, 0.15) is 15.9 Å². The van der Waals surface area contributed by atoms with E-state index in [-0.39, 0.29) is 5.78 Å². The zero-order valence-corrected chi connectivity index (χ0v) is 11.3. The average molecular weight is 254 g/mol. The van der Waals surface area contributed by atoms with Crippen LogP contribution in [-0.4, -0.2) is 38.1 Å². The van der Waals surface area contributed by atoms with Crippen LogP contribution in [0.5, 0.6) is 5.75 Å². The molecule has 0 amide bonds. The van der Waals surface area contributed by atoms with E-state index in [1.54, 1.807) is 26.0 Å². The number of ketones is 1. The predicted molar refractivity (Wildman–Crippen MR) is 71.3 cm³/mol. The minimum atomic E-state index is 0.1000. The van der Waals surface area contributed by atoms with Crippen molar-refractivity contribution >= 4 is 17.5 Å². The maximum absolute atomic E-state index is 12.0. The van der Waals surface area contributed by atoms with Crippen LogP contribution in [0.4, 0.5) is 0 Å². The van der Waals surface area contributed by atoms with Crippen LogP contribution in [0.25, 0.3) is 0 Å². The Hall–Kier alpha value is -1.00. The van der Waals surface area contributed by atoms with E-state index in [2.05, 4.69) is 0 Å². The summed E-state index contributed by atoms with van der Waals surface area (Å²) >= 11 is 1.57. The fourth-order valence-corrected chi connectivity index (χ4v) is 2.18. The zero-order valence-electron chi connectivity index (χ0n) is 10.5. The van der Waals surface area contributed by atoms with Crippen LogP contribution in [0.3, 0.4) is 0 Å². The number of ether oxygens (including phenoxy) is 2. The van der Waals surface area contributed by atoms with E-state index in [0.29, 0.717) is 23.7 Å². The fraction of sp³-hybridized carbons (Fsp3) is 0.462. The Bertz CT molecular complexity index is 377. The lowest BCUT2D eigenvalue weighted by Gasteiger charge is -2.08. The molecule has 17 heavy (non-hydrogen) atoms. The highest BCUT2D eigenvalue weighted by Gasteiger charge is 2.11. The first-order valence-electron chi connectivity index (χ1n) is 5.43. The standard InChI is InChI=1S/C13H18O3S/c1-10-4-5-11(13(8-10)16-3)12(14)9-17-7-6-15-2/h4-5,8H,6-7,9H2,1-3H3. The van der Waals surface area contributed by atoms with Crippen molar-refractivity contribution in [1.29, 1.82) is 0 Å². The van der Waals surface area contributed by atoms with Gasteiger partial charge in [0.1, 0.15) is 5.75 Å². The third-order valence-electron chi connectivity index (χ3n) is 2.32. The van der Waals surface area contributed by atoms with Crippen LogP contribution in [-0.2, 0) is 4.74 Å². The molecule has 1 rings (SSSR count). The lowest BCUT2D eigenvalue weighted by molar-refractivity contribution is 0.101. The van der Waals surface area contributed by atoms with Crippen molar-refractivity contribution in [1.82, 2.24) is 0 Å². The monoisotopic (exact) mass is 254 g/mol. The number of carbonyl (C=O) groups excluding carboxylic acids is 1. The lowest BCUT2D eigenvalue weighted by Crippen LogP contribution is -2.06. The van der Waals surface area contributed by atoms with Crippen LogP contribution in [0, 0.1) is 6.92 Å². The van der Waals surface area contributed by atoms with E-state index >= 15 is 0 Å². The number of benzene rings is 1. The van der Waals surface area contributed by atoms with Gasteiger partial charge in [-0.3, -0.25) is 4.79 Å². The highest BCUT2D eigenvalue weighted by molar-refractivity contribution is 8.00. The maximum Gasteiger partial charge on any atom is 0.176 e. The molecule has 0 aliphatic carbocycles. The second-order valence-corrected chi connectivity index (χ2v) is 4.78. The largest absolute Gasteiger partial charge is 0.496 e. The molecule has 0 aliphatic heterocycles. The molecule has 3 nitrogen and oxygen atoms in total. The Balaban J connectivity index is 2.62. The molecule has 0 heterocycles. The predicted octanol–water partition coefficient (Wildman–Crippen LogP) is 2.57. The molecule has 0 bridgehead atoms. The van der Waals surface area contributed by atoms with Crippen molar-refractivity contribution in [3.63, 3.8) is 0 Å². The number of aryl methyl sites for hydroxylation is 1. The van der Waals surface area contributed by atoms with E-state index in [4.69, 9.17) is 9.47 Å². The molecular formula is C13H18O3S. The summed E-state index contributed by atoms with van der Waals surface area (Å²) in [5.74, 6) is 2.05. The molecule has 94 valence electrons. The van der Waals surface area contributed by atoms with Crippen molar-refractivity contribution in [2.24, 2.45) is 0 Å². The van der Waals surface area contributed by atoms with Gasteiger partial charge in [-0.15, -0.1) is 0 Å². The zero-order chi connectivity index (χ0) is 12.7. The minimum absolute atomic E-state index is 0.1000. The molecular weight excluding hydrogens is 236 g/mol. The Morgan fingerprint density at radius 2 is 2.12 bits per heavy atom. The van der Waals surface area contributed by atoms with Crippen LogP contribution in [0.15, 0.2) is 18.2 Å². The molecule has 0 saturated carbocycles. The summed E-state index contributed by atoms with van der Waals surface area (Å²) in [6.07, 6.45) is 0. The molecule has 0 unspecified atom stereocenters. The van der Waals surface area contributed by atoms with Gasteiger partial charge in [0.2, 0.25) is 0 Å². The summed E-state index contributed by atoms with van der Waals surface area (Å²) in [7, 11) is 3.25. The first-order valence-corrected chi connectivity index (χ1v) is 6.59. The summed E-state index contributed by atoms with van der Waals surface area (Å²) in [4.78, 5) is 12.0. The Labute approximate surface area is 106 Å². The third-order valence-corrected chi connectivity index (χ3v) is 3.24. The maximum atomic E-state index is 12.0. The molecule has 0 aliphatic rings. The normalized spacial score (nSPS) is 10.3. The van der Waals surface area contributed by atoms with E-state index in [1.807, 2.05) is 25.1 Å². The van der Waals surface area contributed by atoms with E-state index in [9.17, 15) is 4.79 Å². The minimum Gasteiger partial charge on any atom is -0.496 e. The summed E-state index contributed by atoms with van der Waals surface area (Å²) in [6.45, 7) is 2.65. The smallest absolute Gasteiger partial charge is 0.176 e. The van der Waals surface area contributed by atoms with E-state index in [0.717, 1.165) is 11.3 Å². The van der Waals surface area contributed by atoms with E-state index in [1.165, 1.54) is 0 Å². The molecule has 0 saturated heterocycles. The van der Waals surface area contributed by atoms with Crippen molar-refractivity contribution in [3.8, 4) is 5.75 Å². The van der Waals surface area contributed by atoms with Gasteiger partial charge in [0.05, 0.1) is 25.0 Å². The number of thioether (sulfide) groups is 1. The molecule has 0 fully saturated rings. The Kier molecular flexibility index (Phi) is 6.08. The van der Waals surface area contributed by atoms with Crippen molar-refractivity contribution < 1.29 is 14.3 Å². The van der Waals surface area contributed by atoms with Crippen LogP contribution < -0.4 is 4.74 Å². The highest BCUT2D eigenvalue weighted by atomic mass is 32.2. The van der Waals surface area contributed by atoms with Crippen molar-refractivity contribution in [2.75, 3.05) is 32.3 Å². The van der Waals surface area contributed by atoms with E-state index < -0.39 is 0 Å². The molecule has 0 N–H and O–H groups in total. The molecule has 0 radical (unpaired) electrons. The van der Waals surface area contributed by atoms with Crippen LogP contribution >= 0.6 is 11.8 Å². The summed E-state index contributed by atoms with van der Waals surface area (Å²) < 4.78 is 10.2. The molecule has 0 spiro atoms.